The monoisotopic (exact) mass is 223 g/mol. The number of nitriles is 1. The second-order valence-electron chi connectivity index (χ2n) is 2.66. The number of aryl methyl sites for hydroxylation is 1. The van der Waals surface area contributed by atoms with Crippen molar-refractivity contribution in [3.63, 3.8) is 0 Å². The van der Waals surface area contributed by atoms with E-state index in [1.165, 1.54) is 0 Å². The van der Waals surface area contributed by atoms with Gasteiger partial charge < -0.3 is 0 Å². The van der Waals surface area contributed by atoms with Crippen LogP contribution >= 0.6 is 15.9 Å². The van der Waals surface area contributed by atoms with Crippen LogP contribution in [-0.2, 0) is 6.42 Å². The molecule has 62 valence electrons. The van der Waals surface area contributed by atoms with E-state index >= 15 is 0 Å². The SMILES string of the molecule is CCCc1cc(Br)ccc1C#N. The molecule has 0 fully saturated rings. The third kappa shape index (κ3) is 2.09. The summed E-state index contributed by atoms with van der Waals surface area (Å²) in [5.41, 5.74) is 1.93. The van der Waals surface area contributed by atoms with Gasteiger partial charge in [-0.05, 0) is 30.2 Å². The minimum atomic E-state index is 0.792. The summed E-state index contributed by atoms with van der Waals surface area (Å²) in [7, 11) is 0. The Morgan fingerprint density at radius 3 is 2.83 bits per heavy atom. The van der Waals surface area contributed by atoms with Gasteiger partial charge in [-0.1, -0.05) is 29.3 Å². The first-order chi connectivity index (χ1) is 5.77. The van der Waals surface area contributed by atoms with Crippen molar-refractivity contribution in [1.29, 1.82) is 5.26 Å². The molecule has 0 atom stereocenters. The fraction of sp³-hybridized carbons (Fsp3) is 0.300. The molecule has 0 aliphatic heterocycles. The van der Waals surface area contributed by atoms with E-state index in [1.54, 1.807) is 0 Å². The summed E-state index contributed by atoms with van der Waals surface area (Å²) in [5, 5.41) is 8.77. The summed E-state index contributed by atoms with van der Waals surface area (Å²) < 4.78 is 1.05. The molecule has 0 heterocycles. The van der Waals surface area contributed by atoms with Crippen LogP contribution in [0.15, 0.2) is 22.7 Å². The topological polar surface area (TPSA) is 23.8 Å². The molecule has 0 radical (unpaired) electrons. The Balaban J connectivity index is 3.06. The second-order valence-corrected chi connectivity index (χ2v) is 3.58. The lowest BCUT2D eigenvalue weighted by molar-refractivity contribution is 0.917. The van der Waals surface area contributed by atoms with Gasteiger partial charge in [-0.25, -0.2) is 0 Å². The van der Waals surface area contributed by atoms with Crippen molar-refractivity contribution in [2.24, 2.45) is 0 Å². The highest BCUT2D eigenvalue weighted by Gasteiger charge is 2.00. The third-order valence-electron chi connectivity index (χ3n) is 1.71. The average Bonchev–Trinajstić information content (AvgIpc) is 2.05. The van der Waals surface area contributed by atoms with Crippen LogP contribution in [0.3, 0.4) is 0 Å². The lowest BCUT2D eigenvalue weighted by Crippen LogP contribution is -1.88. The molecule has 1 aromatic rings. The molecular formula is C10H10BrN. The van der Waals surface area contributed by atoms with Gasteiger partial charge in [0.05, 0.1) is 11.6 Å². The van der Waals surface area contributed by atoms with Crippen LogP contribution in [0, 0.1) is 11.3 Å². The van der Waals surface area contributed by atoms with Gasteiger partial charge in [-0.2, -0.15) is 5.26 Å². The highest BCUT2D eigenvalue weighted by atomic mass is 79.9. The zero-order valence-electron chi connectivity index (χ0n) is 6.97. The molecule has 0 unspecified atom stereocenters. The van der Waals surface area contributed by atoms with Crippen molar-refractivity contribution >= 4 is 15.9 Å². The van der Waals surface area contributed by atoms with Gasteiger partial charge >= 0.3 is 0 Å². The molecular weight excluding hydrogens is 214 g/mol. The maximum Gasteiger partial charge on any atom is 0.0994 e. The molecule has 1 nitrogen and oxygen atoms in total. The van der Waals surface area contributed by atoms with E-state index in [-0.39, 0.29) is 0 Å². The number of benzene rings is 1. The maximum atomic E-state index is 8.77. The van der Waals surface area contributed by atoms with Crippen LogP contribution in [-0.4, -0.2) is 0 Å². The quantitative estimate of drug-likeness (QED) is 0.756. The van der Waals surface area contributed by atoms with Crippen molar-refractivity contribution < 1.29 is 0 Å². The van der Waals surface area contributed by atoms with E-state index in [4.69, 9.17) is 5.26 Å². The standard InChI is InChI=1S/C10H10BrN/c1-2-3-8-6-10(11)5-4-9(8)7-12/h4-6H,2-3H2,1H3. The molecule has 0 aromatic heterocycles. The molecule has 2 heteroatoms. The Morgan fingerprint density at radius 2 is 2.25 bits per heavy atom. The van der Waals surface area contributed by atoms with Crippen molar-refractivity contribution in [3.05, 3.63) is 33.8 Å². The summed E-state index contributed by atoms with van der Waals surface area (Å²) in [6.07, 6.45) is 2.05. The maximum absolute atomic E-state index is 8.77. The zero-order chi connectivity index (χ0) is 8.97. The van der Waals surface area contributed by atoms with Crippen LogP contribution in [0.25, 0.3) is 0 Å². The Kier molecular flexibility index (Phi) is 3.31. The second kappa shape index (κ2) is 4.27. The first-order valence-electron chi connectivity index (χ1n) is 3.96. The van der Waals surface area contributed by atoms with E-state index in [1.807, 2.05) is 18.2 Å². The van der Waals surface area contributed by atoms with E-state index in [9.17, 15) is 0 Å². The highest BCUT2D eigenvalue weighted by molar-refractivity contribution is 9.10. The Morgan fingerprint density at radius 1 is 1.50 bits per heavy atom. The van der Waals surface area contributed by atoms with Gasteiger partial charge in [0, 0.05) is 4.47 Å². The molecule has 1 rings (SSSR count). The van der Waals surface area contributed by atoms with E-state index in [0.717, 1.165) is 28.4 Å². The number of hydrogen-bond acceptors (Lipinski definition) is 1. The first-order valence-corrected chi connectivity index (χ1v) is 4.75. The summed E-state index contributed by atoms with van der Waals surface area (Å²) in [6, 6.07) is 7.96. The van der Waals surface area contributed by atoms with Crippen LogP contribution in [0.2, 0.25) is 0 Å². The molecule has 1 aromatic carbocycles. The lowest BCUT2D eigenvalue weighted by atomic mass is 10.0. The molecule has 0 spiro atoms. The van der Waals surface area contributed by atoms with Crippen molar-refractivity contribution in [2.75, 3.05) is 0 Å². The highest BCUT2D eigenvalue weighted by Crippen LogP contribution is 2.17. The van der Waals surface area contributed by atoms with E-state index in [2.05, 4.69) is 28.9 Å². The zero-order valence-corrected chi connectivity index (χ0v) is 8.56. The number of hydrogen-bond donors (Lipinski definition) is 0. The lowest BCUT2D eigenvalue weighted by Gasteiger charge is -2.01. The number of rotatable bonds is 2. The normalized spacial score (nSPS) is 9.42. The van der Waals surface area contributed by atoms with Gasteiger partial charge in [0.2, 0.25) is 0 Å². The van der Waals surface area contributed by atoms with Crippen LogP contribution in [0.5, 0.6) is 0 Å². The van der Waals surface area contributed by atoms with Crippen LogP contribution in [0.4, 0.5) is 0 Å². The third-order valence-corrected chi connectivity index (χ3v) is 2.20. The fourth-order valence-electron chi connectivity index (χ4n) is 1.15. The van der Waals surface area contributed by atoms with Crippen LogP contribution < -0.4 is 0 Å². The summed E-state index contributed by atoms with van der Waals surface area (Å²) in [4.78, 5) is 0. The van der Waals surface area contributed by atoms with E-state index in [0.29, 0.717) is 0 Å². The average molecular weight is 224 g/mol. The number of nitrogens with zero attached hydrogens (tertiary/aromatic N) is 1. The summed E-state index contributed by atoms with van der Waals surface area (Å²) in [5.74, 6) is 0. The molecule has 0 amide bonds. The molecule has 0 saturated carbocycles. The van der Waals surface area contributed by atoms with Gasteiger partial charge in [0.15, 0.2) is 0 Å². The van der Waals surface area contributed by atoms with Crippen molar-refractivity contribution in [3.8, 4) is 6.07 Å². The van der Waals surface area contributed by atoms with Gasteiger partial charge in [-0.3, -0.25) is 0 Å². The minimum Gasteiger partial charge on any atom is -0.192 e. The molecule has 0 N–H and O–H groups in total. The smallest absolute Gasteiger partial charge is 0.0994 e. The van der Waals surface area contributed by atoms with Crippen molar-refractivity contribution in [1.82, 2.24) is 0 Å². The van der Waals surface area contributed by atoms with Gasteiger partial charge in [-0.15, -0.1) is 0 Å². The Hall–Kier alpha value is -0.810. The molecule has 0 saturated heterocycles. The molecule has 0 aliphatic carbocycles. The van der Waals surface area contributed by atoms with Crippen molar-refractivity contribution in [2.45, 2.75) is 19.8 Å². The molecule has 12 heavy (non-hydrogen) atoms. The van der Waals surface area contributed by atoms with Gasteiger partial charge in [0.1, 0.15) is 0 Å². The largest absolute Gasteiger partial charge is 0.192 e. The Labute approximate surface area is 81.2 Å². The molecule has 0 aliphatic rings. The fourth-order valence-corrected chi connectivity index (χ4v) is 1.56. The number of halogens is 1. The van der Waals surface area contributed by atoms with Crippen LogP contribution in [0.1, 0.15) is 24.5 Å². The first kappa shape index (κ1) is 9.28. The van der Waals surface area contributed by atoms with E-state index < -0.39 is 0 Å². The predicted molar refractivity (Wildman–Crippen MR) is 52.9 cm³/mol. The summed E-state index contributed by atoms with van der Waals surface area (Å²) >= 11 is 3.39. The molecule has 0 bridgehead atoms. The minimum absolute atomic E-state index is 0.792. The Bertz CT molecular complexity index is 312. The summed E-state index contributed by atoms with van der Waals surface area (Å²) in [6.45, 7) is 2.11. The predicted octanol–water partition coefficient (Wildman–Crippen LogP) is 3.27. The van der Waals surface area contributed by atoms with Gasteiger partial charge in [0.25, 0.3) is 0 Å².